The molecule has 0 aliphatic carbocycles. The van der Waals surface area contributed by atoms with E-state index in [1.165, 1.54) is 37.4 Å². The van der Waals surface area contributed by atoms with E-state index in [0.717, 1.165) is 12.1 Å². The van der Waals surface area contributed by atoms with Gasteiger partial charge in [0.05, 0.1) is 29.9 Å². The maximum absolute atomic E-state index is 13.0. The number of carbonyl (C=O) groups is 4. The molecule has 2 aromatic carbocycles. The molecule has 0 saturated carbocycles. The van der Waals surface area contributed by atoms with Gasteiger partial charge in [0.25, 0.3) is 11.8 Å². The number of esters is 1. The van der Waals surface area contributed by atoms with Gasteiger partial charge in [-0.3, -0.25) is 25.0 Å². The molecular formula is C21H17N3O9. The van der Waals surface area contributed by atoms with Crippen LogP contribution in [0.2, 0.25) is 0 Å². The van der Waals surface area contributed by atoms with Crippen molar-refractivity contribution in [2.24, 2.45) is 0 Å². The van der Waals surface area contributed by atoms with Gasteiger partial charge in [-0.1, -0.05) is 0 Å². The van der Waals surface area contributed by atoms with Crippen LogP contribution in [0.5, 0.6) is 11.5 Å². The second kappa shape index (κ2) is 9.18. The van der Waals surface area contributed by atoms with Crippen molar-refractivity contribution in [3.05, 3.63) is 63.2 Å². The number of urea groups is 1. The second-order valence-electron chi connectivity index (χ2n) is 6.57. The number of nitrogens with one attached hydrogen (secondary N) is 1. The average Bonchev–Trinajstić information content (AvgIpc) is 2.78. The van der Waals surface area contributed by atoms with E-state index in [1.54, 1.807) is 6.92 Å². The summed E-state index contributed by atoms with van der Waals surface area (Å²) in [5.41, 5.74) is -0.929. The zero-order valence-electron chi connectivity index (χ0n) is 17.4. The average molecular weight is 455 g/mol. The van der Waals surface area contributed by atoms with Gasteiger partial charge in [0, 0.05) is 6.07 Å². The van der Waals surface area contributed by atoms with Crippen LogP contribution >= 0.6 is 0 Å². The Kier molecular flexibility index (Phi) is 6.38. The third-order valence-electron chi connectivity index (χ3n) is 4.53. The highest BCUT2D eigenvalue weighted by atomic mass is 16.6. The predicted octanol–water partition coefficient (Wildman–Crippen LogP) is 2.15. The highest BCUT2D eigenvalue weighted by molar-refractivity contribution is 6.39. The number of nitro benzene ring substituents is 1. The van der Waals surface area contributed by atoms with Crippen molar-refractivity contribution in [1.29, 1.82) is 0 Å². The molecule has 0 spiro atoms. The number of amides is 4. The number of imide groups is 2. The Morgan fingerprint density at radius 1 is 1.21 bits per heavy atom. The van der Waals surface area contributed by atoms with Crippen LogP contribution < -0.4 is 15.0 Å². The van der Waals surface area contributed by atoms with E-state index in [1.807, 2.05) is 5.32 Å². The third kappa shape index (κ3) is 4.49. The Morgan fingerprint density at radius 2 is 1.88 bits per heavy atom. The summed E-state index contributed by atoms with van der Waals surface area (Å²) in [4.78, 5) is 60.4. The minimum absolute atomic E-state index is 0.0109. The van der Waals surface area contributed by atoms with Gasteiger partial charge in [0.1, 0.15) is 5.57 Å². The number of aromatic hydroxyl groups is 1. The van der Waals surface area contributed by atoms with E-state index in [0.29, 0.717) is 4.90 Å². The first-order chi connectivity index (χ1) is 15.7. The summed E-state index contributed by atoms with van der Waals surface area (Å²) in [6.45, 7) is 1.69. The van der Waals surface area contributed by atoms with Crippen LogP contribution in [-0.4, -0.2) is 47.6 Å². The predicted molar refractivity (Wildman–Crippen MR) is 113 cm³/mol. The number of phenols is 1. The normalized spacial score (nSPS) is 14.8. The largest absolute Gasteiger partial charge is 0.500 e. The highest BCUT2D eigenvalue weighted by Crippen LogP contribution is 2.38. The summed E-state index contributed by atoms with van der Waals surface area (Å²) < 4.78 is 9.78. The molecule has 4 amide bonds. The van der Waals surface area contributed by atoms with Gasteiger partial charge < -0.3 is 14.6 Å². The smallest absolute Gasteiger partial charge is 0.337 e. The summed E-state index contributed by atoms with van der Waals surface area (Å²) in [6.07, 6.45) is 1.04. The summed E-state index contributed by atoms with van der Waals surface area (Å²) in [5.74, 6) is -3.55. The molecule has 1 heterocycles. The molecule has 2 N–H and O–H groups in total. The van der Waals surface area contributed by atoms with Crippen molar-refractivity contribution in [2.45, 2.75) is 6.92 Å². The van der Waals surface area contributed by atoms with Crippen LogP contribution in [0.25, 0.3) is 6.08 Å². The third-order valence-corrected chi connectivity index (χ3v) is 4.53. The first-order valence-electron chi connectivity index (χ1n) is 9.42. The molecule has 1 saturated heterocycles. The minimum atomic E-state index is -1.01. The lowest BCUT2D eigenvalue weighted by molar-refractivity contribution is -0.386. The first-order valence-corrected chi connectivity index (χ1v) is 9.42. The van der Waals surface area contributed by atoms with Crippen molar-refractivity contribution in [3.63, 3.8) is 0 Å². The van der Waals surface area contributed by atoms with Crippen LogP contribution in [0, 0.1) is 10.1 Å². The van der Waals surface area contributed by atoms with E-state index >= 15 is 0 Å². The number of barbiturate groups is 1. The summed E-state index contributed by atoms with van der Waals surface area (Å²) in [5, 5.41) is 23.3. The van der Waals surface area contributed by atoms with Gasteiger partial charge in [0.2, 0.25) is 5.75 Å². The molecule has 1 aliphatic heterocycles. The monoisotopic (exact) mass is 455 g/mol. The molecule has 12 heteroatoms. The van der Waals surface area contributed by atoms with E-state index in [2.05, 4.69) is 4.74 Å². The number of nitrogens with zero attached hydrogens (tertiary/aromatic N) is 2. The molecule has 170 valence electrons. The molecular weight excluding hydrogens is 438 g/mol. The van der Waals surface area contributed by atoms with Gasteiger partial charge in [-0.15, -0.1) is 0 Å². The molecule has 1 fully saturated rings. The zero-order chi connectivity index (χ0) is 24.3. The maximum Gasteiger partial charge on any atom is 0.337 e. The Bertz CT molecular complexity index is 1200. The summed E-state index contributed by atoms with van der Waals surface area (Å²) in [6, 6.07) is 6.45. The number of rotatable bonds is 6. The lowest BCUT2D eigenvalue weighted by atomic mass is 10.1. The molecule has 0 aromatic heterocycles. The number of hydrogen-bond donors (Lipinski definition) is 2. The van der Waals surface area contributed by atoms with Crippen LogP contribution in [0.1, 0.15) is 22.8 Å². The van der Waals surface area contributed by atoms with Crippen molar-refractivity contribution >= 4 is 41.3 Å². The van der Waals surface area contributed by atoms with Crippen molar-refractivity contribution in [1.82, 2.24) is 5.32 Å². The molecule has 3 rings (SSSR count). The molecule has 0 bridgehead atoms. The quantitative estimate of drug-likeness (QED) is 0.218. The van der Waals surface area contributed by atoms with Crippen LogP contribution in [0.3, 0.4) is 0 Å². The number of methoxy groups -OCH3 is 1. The summed E-state index contributed by atoms with van der Waals surface area (Å²) >= 11 is 0. The Morgan fingerprint density at radius 3 is 2.45 bits per heavy atom. The second-order valence-corrected chi connectivity index (χ2v) is 6.57. The van der Waals surface area contributed by atoms with Crippen LogP contribution in [0.15, 0.2) is 42.0 Å². The van der Waals surface area contributed by atoms with Crippen LogP contribution in [0.4, 0.5) is 16.2 Å². The molecule has 33 heavy (non-hydrogen) atoms. The van der Waals surface area contributed by atoms with Crippen molar-refractivity contribution < 1.29 is 38.7 Å². The van der Waals surface area contributed by atoms with E-state index in [4.69, 9.17) is 4.74 Å². The van der Waals surface area contributed by atoms with Gasteiger partial charge >= 0.3 is 17.7 Å². The molecule has 0 radical (unpaired) electrons. The van der Waals surface area contributed by atoms with Gasteiger partial charge in [-0.25, -0.2) is 14.5 Å². The number of nitro groups is 1. The topological polar surface area (TPSA) is 165 Å². The Labute approximate surface area is 186 Å². The van der Waals surface area contributed by atoms with E-state index < -0.39 is 45.7 Å². The van der Waals surface area contributed by atoms with Gasteiger partial charge in [0.15, 0.2) is 5.75 Å². The van der Waals surface area contributed by atoms with E-state index in [9.17, 15) is 34.4 Å². The molecule has 2 aromatic rings. The number of benzene rings is 2. The summed E-state index contributed by atoms with van der Waals surface area (Å²) in [7, 11) is 1.20. The molecule has 1 aliphatic rings. The fourth-order valence-electron chi connectivity index (χ4n) is 3.02. The number of phenolic OH excluding ortho intramolecular Hbond substituents is 1. The van der Waals surface area contributed by atoms with Gasteiger partial charge in [-0.2, -0.15) is 0 Å². The lowest BCUT2D eigenvalue weighted by Crippen LogP contribution is -2.54. The first kappa shape index (κ1) is 22.9. The SMILES string of the molecule is CCOc1cc(/C=C2\C(=O)NC(=O)N(c3ccc(C(=O)OC)cc3)C2=O)cc([N+](=O)[O-])c1O. The highest BCUT2D eigenvalue weighted by Gasteiger charge is 2.37. The van der Waals surface area contributed by atoms with E-state index in [-0.39, 0.29) is 29.2 Å². The van der Waals surface area contributed by atoms with Crippen molar-refractivity contribution in [3.8, 4) is 11.5 Å². The zero-order valence-corrected chi connectivity index (χ0v) is 17.4. The number of carbonyl (C=O) groups excluding carboxylic acids is 4. The Hall–Kier alpha value is -4.74. The number of anilines is 1. The fourth-order valence-corrected chi connectivity index (χ4v) is 3.02. The maximum atomic E-state index is 13.0. The fraction of sp³-hybridized carbons (Fsp3) is 0.143. The molecule has 12 nitrogen and oxygen atoms in total. The number of hydrogen-bond acceptors (Lipinski definition) is 9. The lowest BCUT2D eigenvalue weighted by Gasteiger charge is -2.26. The molecule has 0 atom stereocenters. The van der Waals surface area contributed by atoms with Gasteiger partial charge in [-0.05, 0) is 48.9 Å². The van der Waals surface area contributed by atoms with Crippen LogP contribution in [-0.2, 0) is 14.3 Å². The standard InChI is InChI=1S/C21H17N3O9/c1-3-33-16-10-11(9-15(17(16)25)24(30)31)8-14-18(26)22-21(29)23(19(14)27)13-6-4-12(5-7-13)20(28)32-2/h4-10,25H,3H2,1-2H3,(H,22,26,29)/b14-8+. The minimum Gasteiger partial charge on any atom is -0.500 e. The molecule has 0 unspecified atom stereocenters. The number of ether oxygens (including phenoxy) is 2. The Balaban J connectivity index is 2.04. The van der Waals surface area contributed by atoms with Crippen molar-refractivity contribution in [2.75, 3.05) is 18.6 Å².